The number of nitrogens with zero attached hydrogens (tertiary/aromatic N) is 2. The Morgan fingerprint density at radius 2 is 2.47 bits per heavy atom. The summed E-state index contributed by atoms with van der Waals surface area (Å²) in [6, 6.07) is 3.53. The smallest absolute Gasteiger partial charge is 0.250 e. The van der Waals surface area contributed by atoms with Gasteiger partial charge in [-0.3, -0.25) is 10.1 Å². The van der Waals surface area contributed by atoms with Crippen LogP contribution in [-0.2, 0) is 11.2 Å². The first kappa shape index (κ1) is 11.5. The van der Waals surface area contributed by atoms with Crippen LogP contribution in [0.1, 0.15) is 17.7 Å². The number of carbonyl (C=O) groups is 1. The maximum absolute atomic E-state index is 11.5. The van der Waals surface area contributed by atoms with Crippen molar-refractivity contribution in [1.82, 2.24) is 10.2 Å². The minimum atomic E-state index is -0.250. The molecule has 6 heteroatoms. The van der Waals surface area contributed by atoms with Crippen molar-refractivity contribution in [2.75, 3.05) is 5.32 Å². The number of aryl methyl sites for hydroxylation is 1. The number of amides is 1. The van der Waals surface area contributed by atoms with Crippen molar-refractivity contribution >= 4 is 28.5 Å². The predicted octanol–water partition coefficient (Wildman–Crippen LogP) is 2.35. The van der Waals surface area contributed by atoms with Crippen LogP contribution in [-0.4, -0.2) is 16.1 Å². The molecule has 2 heterocycles. The first-order valence-corrected chi connectivity index (χ1v) is 5.94. The number of hydrogen-bond acceptors (Lipinski definition) is 5. The third kappa shape index (κ3) is 3.25. The Morgan fingerprint density at radius 1 is 1.59 bits per heavy atom. The summed E-state index contributed by atoms with van der Waals surface area (Å²) >= 11 is 1.37. The summed E-state index contributed by atoms with van der Waals surface area (Å²) in [7, 11) is 0. The Labute approximate surface area is 102 Å². The summed E-state index contributed by atoms with van der Waals surface area (Å²) in [5.41, 5.74) is 0. The maximum Gasteiger partial charge on any atom is 0.250 e. The number of anilines is 1. The van der Waals surface area contributed by atoms with Crippen LogP contribution in [0, 0.1) is 0 Å². The molecule has 0 radical (unpaired) electrons. The Hall–Kier alpha value is -1.95. The summed E-state index contributed by atoms with van der Waals surface area (Å²) in [6.45, 7) is 1.99. The first-order valence-electron chi connectivity index (χ1n) is 5.13. The van der Waals surface area contributed by atoms with Gasteiger partial charge in [-0.2, -0.15) is 0 Å². The van der Waals surface area contributed by atoms with Crippen molar-refractivity contribution in [3.63, 3.8) is 0 Å². The largest absolute Gasteiger partial charge is 0.465 e. The van der Waals surface area contributed by atoms with E-state index in [1.165, 1.54) is 17.4 Å². The van der Waals surface area contributed by atoms with E-state index in [0.29, 0.717) is 10.9 Å². The molecule has 0 saturated heterocycles. The number of nitrogens with one attached hydrogen (secondary N) is 1. The number of carbonyl (C=O) groups excluding carboxylic acids is 1. The van der Waals surface area contributed by atoms with E-state index >= 15 is 0 Å². The zero-order valence-corrected chi connectivity index (χ0v) is 10.0. The van der Waals surface area contributed by atoms with Crippen LogP contribution in [0.3, 0.4) is 0 Å². The maximum atomic E-state index is 11.5. The molecule has 1 amide bonds. The monoisotopic (exact) mass is 249 g/mol. The second-order valence-electron chi connectivity index (χ2n) is 3.19. The number of rotatable bonds is 4. The zero-order chi connectivity index (χ0) is 12.1. The highest BCUT2D eigenvalue weighted by atomic mass is 32.1. The van der Waals surface area contributed by atoms with Crippen molar-refractivity contribution in [2.45, 2.75) is 13.3 Å². The Balaban J connectivity index is 1.93. The van der Waals surface area contributed by atoms with Crippen molar-refractivity contribution in [2.24, 2.45) is 0 Å². The Bertz CT molecular complexity index is 517. The summed E-state index contributed by atoms with van der Waals surface area (Å²) in [5, 5.41) is 11.8. The lowest BCUT2D eigenvalue weighted by molar-refractivity contribution is -0.111. The molecule has 2 rings (SSSR count). The van der Waals surface area contributed by atoms with Crippen molar-refractivity contribution in [1.29, 1.82) is 0 Å². The summed E-state index contributed by atoms with van der Waals surface area (Å²) in [6.07, 6.45) is 5.36. The van der Waals surface area contributed by atoms with Gasteiger partial charge < -0.3 is 4.42 Å². The second kappa shape index (κ2) is 5.40. The van der Waals surface area contributed by atoms with Crippen molar-refractivity contribution in [3.8, 4) is 0 Å². The van der Waals surface area contributed by atoms with E-state index < -0.39 is 0 Å². The van der Waals surface area contributed by atoms with Gasteiger partial charge in [0.1, 0.15) is 10.8 Å². The van der Waals surface area contributed by atoms with Crippen LogP contribution >= 0.6 is 11.3 Å². The highest BCUT2D eigenvalue weighted by Gasteiger charge is 2.04. The normalized spacial score (nSPS) is 10.9. The van der Waals surface area contributed by atoms with Crippen LogP contribution < -0.4 is 5.32 Å². The topological polar surface area (TPSA) is 68.0 Å². The van der Waals surface area contributed by atoms with Gasteiger partial charge in [-0.15, -0.1) is 10.2 Å². The molecule has 0 spiro atoms. The Kier molecular flexibility index (Phi) is 3.66. The third-order valence-electron chi connectivity index (χ3n) is 1.94. The SMILES string of the molecule is CCc1nnc(NC(=O)/C=C/c2ccco2)s1. The summed E-state index contributed by atoms with van der Waals surface area (Å²) in [5.74, 6) is 0.381. The van der Waals surface area contributed by atoms with E-state index in [2.05, 4.69) is 15.5 Å². The molecule has 88 valence electrons. The molecule has 0 saturated carbocycles. The van der Waals surface area contributed by atoms with Gasteiger partial charge in [0.25, 0.3) is 0 Å². The molecule has 0 aliphatic carbocycles. The second-order valence-corrected chi connectivity index (χ2v) is 4.25. The van der Waals surface area contributed by atoms with E-state index in [1.54, 1.807) is 24.5 Å². The molecule has 0 aliphatic heterocycles. The lowest BCUT2D eigenvalue weighted by Gasteiger charge is -1.93. The first-order chi connectivity index (χ1) is 8.28. The molecular weight excluding hydrogens is 238 g/mol. The van der Waals surface area contributed by atoms with Crippen molar-refractivity contribution < 1.29 is 9.21 Å². The number of aromatic nitrogens is 2. The molecule has 0 aromatic carbocycles. The average Bonchev–Trinajstić information content (AvgIpc) is 2.97. The predicted molar refractivity (Wildman–Crippen MR) is 65.7 cm³/mol. The van der Waals surface area contributed by atoms with Gasteiger partial charge in [-0.25, -0.2) is 0 Å². The van der Waals surface area contributed by atoms with Gasteiger partial charge in [-0.1, -0.05) is 18.3 Å². The molecular formula is C11H11N3O2S. The molecule has 0 unspecified atom stereocenters. The van der Waals surface area contributed by atoms with Gasteiger partial charge in [0.05, 0.1) is 6.26 Å². The molecule has 0 bridgehead atoms. The van der Waals surface area contributed by atoms with E-state index in [4.69, 9.17) is 4.42 Å². The summed E-state index contributed by atoms with van der Waals surface area (Å²) in [4.78, 5) is 11.5. The lowest BCUT2D eigenvalue weighted by atomic mass is 10.4. The number of hydrogen-bond donors (Lipinski definition) is 1. The van der Waals surface area contributed by atoms with Crippen molar-refractivity contribution in [3.05, 3.63) is 35.2 Å². The van der Waals surface area contributed by atoms with Crippen LogP contribution in [0.5, 0.6) is 0 Å². The van der Waals surface area contributed by atoms with Gasteiger partial charge in [0.2, 0.25) is 11.0 Å². The standard InChI is InChI=1S/C11H11N3O2S/c1-2-10-13-14-11(17-10)12-9(15)6-5-8-4-3-7-16-8/h3-7H,2H2,1H3,(H,12,14,15)/b6-5+. The minimum absolute atomic E-state index is 0.250. The zero-order valence-electron chi connectivity index (χ0n) is 9.21. The van der Waals surface area contributed by atoms with E-state index in [9.17, 15) is 4.79 Å². The van der Waals surface area contributed by atoms with Crippen LogP contribution in [0.4, 0.5) is 5.13 Å². The fraction of sp³-hybridized carbons (Fsp3) is 0.182. The highest BCUT2D eigenvalue weighted by Crippen LogP contribution is 2.15. The summed E-state index contributed by atoms with van der Waals surface area (Å²) < 4.78 is 5.06. The van der Waals surface area contributed by atoms with E-state index in [-0.39, 0.29) is 5.91 Å². The molecule has 0 fully saturated rings. The Morgan fingerprint density at radius 3 is 3.12 bits per heavy atom. The lowest BCUT2D eigenvalue weighted by Crippen LogP contribution is -2.07. The van der Waals surface area contributed by atoms with Gasteiger partial charge in [0.15, 0.2) is 0 Å². The van der Waals surface area contributed by atoms with Gasteiger partial charge in [-0.05, 0) is 24.6 Å². The third-order valence-corrected chi connectivity index (χ3v) is 2.92. The van der Waals surface area contributed by atoms with Gasteiger partial charge >= 0.3 is 0 Å². The molecule has 0 aliphatic rings. The van der Waals surface area contributed by atoms with Gasteiger partial charge in [0, 0.05) is 6.08 Å². The molecule has 2 aromatic heterocycles. The highest BCUT2D eigenvalue weighted by molar-refractivity contribution is 7.15. The quantitative estimate of drug-likeness (QED) is 0.844. The van der Waals surface area contributed by atoms with E-state index in [0.717, 1.165) is 11.4 Å². The van der Waals surface area contributed by atoms with Crippen LogP contribution in [0.15, 0.2) is 28.9 Å². The van der Waals surface area contributed by atoms with E-state index in [1.807, 2.05) is 6.92 Å². The number of furan rings is 1. The molecule has 17 heavy (non-hydrogen) atoms. The average molecular weight is 249 g/mol. The van der Waals surface area contributed by atoms with Crippen LogP contribution in [0.25, 0.3) is 6.08 Å². The molecule has 2 aromatic rings. The molecule has 1 N–H and O–H groups in total. The molecule has 0 atom stereocenters. The fourth-order valence-corrected chi connectivity index (χ4v) is 1.82. The molecule has 5 nitrogen and oxygen atoms in total. The van der Waals surface area contributed by atoms with Crippen LogP contribution in [0.2, 0.25) is 0 Å². The minimum Gasteiger partial charge on any atom is -0.465 e. The fourth-order valence-electron chi connectivity index (χ4n) is 1.14.